The molecule has 21 heavy (non-hydrogen) atoms. The number of fused-ring (bicyclic) bond motifs is 1. The standard InChI is InChI=1S/C16H18N4O/c1-10-11(2)20(16-14(10)15(17)18-9-19-16)8-12-5-4-6-13(7-12)21-3/h4-7,9H,8H2,1-3H3,(H2,17,18,19). The Balaban J connectivity index is 2.12. The summed E-state index contributed by atoms with van der Waals surface area (Å²) in [6.45, 7) is 4.86. The Morgan fingerprint density at radius 1 is 1.24 bits per heavy atom. The normalized spacial score (nSPS) is 11.0. The molecule has 0 fully saturated rings. The van der Waals surface area contributed by atoms with E-state index >= 15 is 0 Å². The molecule has 0 aliphatic carbocycles. The molecule has 1 aromatic carbocycles. The predicted octanol–water partition coefficient (Wildman–Crippen LogP) is 2.69. The van der Waals surface area contributed by atoms with Gasteiger partial charge in [0.1, 0.15) is 23.5 Å². The molecule has 0 aliphatic rings. The van der Waals surface area contributed by atoms with Gasteiger partial charge >= 0.3 is 0 Å². The van der Waals surface area contributed by atoms with Crippen LogP contribution in [-0.4, -0.2) is 21.6 Å². The minimum absolute atomic E-state index is 0.532. The van der Waals surface area contributed by atoms with Crippen molar-refractivity contribution in [3.05, 3.63) is 47.4 Å². The first-order chi connectivity index (χ1) is 10.1. The van der Waals surface area contributed by atoms with Crippen LogP contribution in [0.1, 0.15) is 16.8 Å². The van der Waals surface area contributed by atoms with Crippen LogP contribution in [0.4, 0.5) is 5.82 Å². The summed E-state index contributed by atoms with van der Waals surface area (Å²) in [6, 6.07) is 8.04. The van der Waals surface area contributed by atoms with E-state index in [2.05, 4.69) is 34.4 Å². The van der Waals surface area contributed by atoms with Crippen molar-refractivity contribution in [2.45, 2.75) is 20.4 Å². The van der Waals surface area contributed by atoms with Gasteiger partial charge in [-0.25, -0.2) is 9.97 Å². The fourth-order valence-electron chi connectivity index (χ4n) is 2.64. The van der Waals surface area contributed by atoms with Crippen LogP contribution >= 0.6 is 0 Å². The van der Waals surface area contributed by atoms with Crippen LogP contribution < -0.4 is 10.5 Å². The second-order valence-electron chi connectivity index (χ2n) is 5.11. The number of nitrogens with zero attached hydrogens (tertiary/aromatic N) is 3. The molecule has 2 N–H and O–H groups in total. The van der Waals surface area contributed by atoms with Crippen LogP contribution in [0.25, 0.3) is 11.0 Å². The summed E-state index contributed by atoms with van der Waals surface area (Å²) in [7, 11) is 1.67. The summed E-state index contributed by atoms with van der Waals surface area (Å²) >= 11 is 0. The summed E-state index contributed by atoms with van der Waals surface area (Å²) in [5.41, 5.74) is 10.3. The summed E-state index contributed by atoms with van der Waals surface area (Å²) < 4.78 is 7.44. The van der Waals surface area contributed by atoms with Crippen molar-refractivity contribution in [2.75, 3.05) is 12.8 Å². The highest BCUT2D eigenvalue weighted by atomic mass is 16.5. The zero-order valence-corrected chi connectivity index (χ0v) is 12.4. The van der Waals surface area contributed by atoms with Gasteiger partial charge in [0.15, 0.2) is 0 Å². The van der Waals surface area contributed by atoms with Gasteiger partial charge < -0.3 is 15.0 Å². The lowest BCUT2D eigenvalue weighted by Gasteiger charge is -2.09. The molecule has 0 radical (unpaired) electrons. The maximum Gasteiger partial charge on any atom is 0.146 e. The molecule has 5 heteroatoms. The number of nitrogen functional groups attached to an aromatic ring is 1. The third kappa shape index (κ3) is 2.20. The largest absolute Gasteiger partial charge is 0.497 e. The number of benzene rings is 1. The molecule has 0 unspecified atom stereocenters. The van der Waals surface area contributed by atoms with Crippen LogP contribution in [-0.2, 0) is 6.54 Å². The van der Waals surface area contributed by atoms with Gasteiger partial charge in [-0.15, -0.1) is 0 Å². The lowest BCUT2D eigenvalue weighted by Crippen LogP contribution is -2.03. The van der Waals surface area contributed by atoms with Crippen molar-refractivity contribution >= 4 is 16.9 Å². The van der Waals surface area contributed by atoms with Crippen LogP contribution in [0.5, 0.6) is 5.75 Å². The highest BCUT2D eigenvalue weighted by molar-refractivity contribution is 5.90. The highest BCUT2D eigenvalue weighted by Gasteiger charge is 2.15. The average molecular weight is 282 g/mol. The maximum atomic E-state index is 5.99. The summed E-state index contributed by atoms with van der Waals surface area (Å²) in [5, 5.41) is 0.942. The Morgan fingerprint density at radius 2 is 2.05 bits per heavy atom. The summed E-state index contributed by atoms with van der Waals surface area (Å²) in [6.07, 6.45) is 1.51. The van der Waals surface area contributed by atoms with Gasteiger partial charge in [-0.05, 0) is 37.1 Å². The number of aryl methyl sites for hydroxylation is 1. The smallest absolute Gasteiger partial charge is 0.146 e. The van der Waals surface area contributed by atoms with E-state index in [1.807, 2.05) is 18.2 Å². The first-order valence-electron chi connectivity index (χ1n) is 6.80. The van der Waals surface area contributed by atoms with Gasteiger partial charge in [0.2, 0.25) is 0 Å². The lowest BCUT2D eigenvalue weighted by atomic mass is 10.2. The Labute approximate surface area is 123 Å². The van der Waals surface area contributed by atoms with Crippen LogP contribution in [0, 0.1) is 13.8 Å². The van der Waals surface area contributed by atoms with E-state index in [-0.39, 0.29) is 0 Å². The van der Waals surface area contributed by atoms with Gasteiger partial charge in [0, 0.05) is 12.2 Å². The van der Waals surface area contributed by atoms with Gasteiger partial charge in [-0.3, -0.25) is 0 Å². The van der Waals surface area contributed by atoms with Crippen molar-refractivity contribution in [1.29, 1.82) is 0 Å². The highest BCUT2D eigenvalue weighted by Crippen LogP contribution is 2.28. The van der Waals surface area contributed by atoms with E-state index in [0.29, 0.717) is 5.82 Å². The Kier molecular flexibility index (Phi) is 3.25. The molecule has 0 amide bonds. The van der Waals surface area contributed by atoms with Crippen LogP contribution in [0.3, 0.4) is 0 Å². The molecule has 0 spiro atoms. The minimum Gasteiger partial charge on any atom is -0.497 e. The number of hydrogen-bond acceptors (Lipinski definition) is 4. The quantitative estimate of drug-likeness (QED) is 0.802. The summed E-state index contributed by atoms with van der Waals surface area (Å²) in [4.78, 5) is 8.49. The number of methoxy groups -OCH3 is 1. The zero-order chi connectivity index (χ0) is 15.0. The SMILES string of the molecule is COc1cccc(Cn2c(C)c(C)c3c(N)ncnc32)c1. The second-order valence-corrected chi connectivity index (χ2v) is 5.11. The molecule has 5 nitrogen and oxygen atoms in total. The number of aromatic nitrogens is 3. The third-order valence-corrected chi connectivity index (χ3v) is 3.91. The minimum atomic E-state index is 0.532. The molecule has 3 rings (SSSR count). The molecule has 3 aromatic rings. The Hall–Kier alpha value is -2.56. The van der Waals surface area contributed by atoms with Crippen LogP contribution in [0.15, 0.2) is 30.6 Å². The number of anilines is 1. The van der Waals surface area contributed by atoms with E-state index in [1.165, 1.54) is 6.33 Å². The molecule has 0 saturated carbocycles. The third-order valence-electron chi connectivity index (χ3n) is 3.91. The molecular weight excluding hydrogens is 264 g/mol. The topological polar surface area (TPSA) is 66.0 Å². The first-order valence-corrected chi connectivity index (χ1v) is 6.80. The first kappa shape index (κ1) is 13.4. The molecule has 0 saturated heterocycles. The average Bonchev–Trinajstić information content (AvgIpc) is 2.74. The van der Waals surface area contributed by atoms with E-state index in [0.717, 1.165) is 40.1 Å². The Bertz CT molecular complexity index is 807. The molecule has 0 atom stereocenters. The lowest BCUT2D eigenvalue weighted by molar-refractivity contribution is 0.414. The van der Waals surface area contributed by atoms with Crippen LogP contribution in [0.2, 0.25) is 0 Å². The van der Waals surface area contributed by atoms with E-state index in [4.69, 9.17) is 10.5 Å². The zero-order valence-electron chi connectivity index (χ0n) is 12.4. The summed E-state index contributed by atoms with van der Waals surface area (Å²) in [5.74, 6) is 1.39. The second kappa shape index (κ2) is 5.09. The molecule has 2 aromatic heterocycles. The number of hydrogen-bond donors (Lipinski definition) is 1. The van der Waals surface area contributed by atoms with Crippen molar-refractivity contribution < 1.29 is 4.74 Å². The molecular formula is C16H18N4O. The van der Waals surface area contributed by atoms with Gasteiger partial charge in [-0.2, -0.15) is 0 Å². The van der Waals surface area contributed by atoms with Gasteiger partial charge in [0.25, 0.3) is 0 Å². The number of ether oxygens (including phenoxy) is 1. The molecule has 0 bridgehead atoms. The fourth-order valence-corrected chi connectivity index (χ4v) is 2.64. The van der Waals surface area contributed by atoms with E-state index < -0.39 is 0 Å². The van der Waals surface area contributed by atoms with E-state index in [9.17, 15) is 0 Å². The molecule has 2 heterocycles. The van der Waals surface area contributed by atoms with E-state index in [1.54, 1.807) is 7.11 Å². The Morgan fingerprint density at radius 3 is 2.81 bits per heavy atom. The van der Waals surface area contributed by atoms with Crippen molar-refractivity contribution in [2.24, 2.45) is 0 Å². The van der Waals surface area contributed by atoms with Gasteiger partial charge in [0.05, 0.1) is 12.5 Å². The number of nitrogens with two attached hydrogens (primary N) is 1. The fraction of sp³-hybridized carbons (Fsp3) is 0.250. The maximum absolute atomic E-state index is 5.99. The van der Waals surface area contributed by atoms with Gasteiger partial charge in [-0.1, -0.05) is 12.1 Å². The monoisotopic (exact) mass is 282 g/mol. The molecule has 0 aliphatic heterocycles. The van der Waals surface area contributed by atoms with Crippen molar-refractivity contribution in [3.8, 4) is 5.75 Å². The number of rotatable bonds is 3. The predicted molar refractivity (Wildman–Crippen MR) is 83.5 cm³/mol. The van der Waals surface area contributed by atoms with Crippen molar-refractivity contribution in [3.63, 3.8) is 0 Å². The molecule has 108 valence electrons. The van der Waals surface area contributed by atoms with Crippen molar-refractivity contribution in [1.82, 2.24) is 14.5 Å².